The molecule has 0 fully saturated rings. The van der Waals surface area contributed by atoms with Crippen LogP contribution in [-0.4, -0.2) is 9.91 Å². The number of aryl methyl sites for hydroxylation is 2. The molecule has 1 heterocycles. The SMILES string of the molecule is Cc1ccc2c([N+](=O)[O-])cc(C)c(F)c2n1. The highest BCUT2D eigenvalue weighted by Crippen LogP contribution is 2.28. The van der Waals surface area contributed by atoms with Crippen LogP contribution in [0.4, 0.5) is 10.1 Å². The Bertz CT molecular complexity index is 596. The molecule has 0 unspecified atom stereocenters. The monoisotopic (exact) mass is 220 g/mol. The first-order valence-corrected chi connectivity index (χ1v) is 4.71. The average molecular weight is 220 g/mol. The molecular formula is C11H9FN2O2. The van der Waals surface area contributed by atoms with Crippen LogP contribution >= 0.6 is 0 Å². The molecule has 82 valence electrons. The van der Waals surface area contributed by atoms with Crippen molar-refractivity contribution in [3.05, 3.63) is 45.4 Å². The van der Waals surface area contributed by atoms with Crippen LogP contribution in [0.5, 0.6) is 0 Å². The number of halogens is 1. The predicted octanol–water partition coefficient (Wildman–Crippen LogP) is 2.90. The minimum atomic E-state index is -0.522. The Balaban J connectivity index is 2.95. The van der Waals surface area contributed by atoms with Crippen molar-refractivity contribution in [3.8, 4) is 0 Å². The molecule has 0 aliphatic rings. The Morgan fingerprint density at radius 2 is 2.06 bits per heavy atom. The largest absolute Gasteiger partial charge is 0.279 e. The maximum absolute atomic E-state index is 13.7. The van der Waals surface area contributed by atoms with Gasteiger partial charge in [0.1, 0.15) is 5.52 Å². The number of hydrogen-bond acceptors (Lipinski definition) is 3. The third-order valence-electron chi connectivity index (χ3n) is 2.41. The Kier molecular flexibility index (Phi) is 2.30. The molecule has 0 saturated heterocycles. The van der Waals surface area contributed by atoms with Crippen molar-refractivity contribution in [2.45, 2.75) is 13.8 Å². The van der Waals surface area contributed by atoms with Crippen LogP contribution in [0.15, 0.2) is 18.2 Å². The molecule has 0 radical (unpaired) electrons. The van der Waals surface area contributed by atoms with Gasteiger partial charge in [-0.15, -0.1) is 0 Å². The number of pyridine rings is 1. The van der Waals surface area contributed by atoms with Crippen molar-refractivity contribution < 1.29 is 9.31 Å². The van der Waals surface area contributed by atoms with Gasteiger partial charge in [0.05, 0.1) is 10.3 Å². The first-order chi connectivity index (χ1) is 7.50. The zero-order chi connectivity index (χ0) is 11.9. The summed E-state index contributed by atoms with van der Waals surface area (Å²) < 4.78 is 13.7. The summed E-state index contributed by atoms with van der Waals surface area (Å²) in [6.07, 6.45) is 0. The van der Waals surface area contributed by atoms with E-state index in [1.807, 2.05) is 0 Å². The summed E-state index contributed by atoms with van der Waals surface area (Å²) in [5, 5.41) is 11.1. The van der Waals surface area contributed by atoms with Crippen molar-refractivity contribution in [3.63, 3.8) is 0 Å². The van der Waals surface area contributed by atoms with E-state index < -0.39 is 10.7 Å². The molecule has 0 bridgehead atoms. The lowest BCUT2D eigenvalue weighted by molar-refractivity contribution is -0.383. The third-order valence-corrected chi connectivity index (χ3v) is 2.41. The molecule has 16 heavy (non-hydrogen) atoms. The number of nitro benzene ring substituents is 1. The Labute approximate surface area is 90.9 Å². The number of rotatable bonds is 1. The number of nitrogens with zero attached hydrogens (tertiary/aromatic N) is 2. The highest BCUT2D eigenvalue weighted by atomic mass is 19.1. The van der Waals surface area contributed by atoms with E-state index >= 15 is 0 Å². The molecule has 0 saturated carbocycles. The zero-order valence-electron chi connectivity index (χ0n) is 8.82. The lowest BCUT2D eigenvalue weighted by Crippen LogP contribution is -1.96. The van der Waals surface area contributed by atoms with Gasteiger partial charge in [-0.2, -0.15) is 0 Å². The van der Waals surface area contributed by atoms with Crippen LogP contribution < -0.4 is 0 Å². The van der Waals surface area contributed by atoms with E-state index in [1.165, 1.54) is 19.1 Å². The highest BCUT2D eigenvalue weighted by molar-refractivity contribution is 5.89. The normalized spacial score (nSPS) is 10.7. The molecule has 2 aromatic rings. The molecular weight excluding hydrogens is 211 g/mol. The van der Waals surface area contributed by atoms with E-state index in [4.69, 9.17) is 0 Å². The summed E-state index contributed by atoms with van der Waals surface area (Å²) in [6.45, 7) is 3.21. The minimum absolute atomic E-state index is 0.0618. The molecule has 0 spiro atoms. The second kappa shape index (κ2) is 3.52. The van der Waals surface area contributed by atoms with Gasteiger partial charge >= 0.3 is 0 Å². The fraction of sp³-hybridized carbons (Fsp3) is 0.182. The van der Waals surface area contributed by atoms with Crippen LogP contribution in [0.3, 0.4) is 0 Å². The smallest absolute Gasteiger partial charge is 0.258 e. The molecule has 4 nitrogen and oxygen atoms in total. The van der Waals surface area contributed by atoms with Gasteiger partial charge in [0.25, 0.3) is 5.69 Å². The summed E-state index contributed by atoms with van der Waals surface area (Å²) in [5.74, 6) is -0.496. The first-order valence-electron chi connectivity index (χ1n) is 4.71. The summed E-state index contributed by atoms with van der Waals surface area (Å²) in [7, 11) is 0. The third kappa shape index (κ3) is 1.50. The Morgan fingerprint density at radius 3 is 2.69 bits per heavy atom. The van der Waals surface area contributed by atoms with E-state index in [1.54, 1.807) is 13.0 Å². The quantitative estimate of drug-likeness (QED) is 0.548. The molecule has 0 aliphatic heterocycles. The van der Waals surface area contributed by atoms with Gasteiger partial charge in [0.2, 0.25) is 0 Å². The van der Waals surface area contributed by atoms with Crippen molar-refractivity contribution in [2.24, 2.45) is 0 Å². The highest BCUT2D eigenvalue weighted by Gasteiger charge is 2.18. The number of non-ortho nitro benzene ring substituents is 1. The molecule has 0 aliphatic carbocycles. The van der Waals surface area contributed by atoms with Gasteiger partial charge < -0.3 is 0 Å². The summed E-state index contributed by atoms with van der Waals surface area (Å²) in [4.78, 5) is 14.3. The van der Waals surface area contributed by atoms with Crippen LogP contribution in [0.1, 0.15) is 11.3 Å². The summed E-state index contributed by atoms with van der Waals surface area (Å²) >= 11 is 0. The number of fused-ring (bicyclic) bond motifs is 1. The zero-order valence-corrected chi connectivity index (χ0v) is 8.82. The van der Waals surface area contributed by atoms with E-state index in [-0.39, 0.29) is 22.2 Å². The van der Waals surface area contributed by atoms with Crippen molar-refractivity contribution >= 4 is 16.6 Å². The van der Waals surface area contributed by atoms with Gasteiger partial charge in [0.15, 0.2) is 5.82 Å². The van der Waals surface area contributed by atoms with Crippen LogP contribution in [0, 0.1) is 29.8 Å². The van der Waals surface area contributed by atoms with Gasteiger partial charge in [-0.05, 0) is 31.5 Å². The van der Waals surface area contributed by atoms with Crippen LogP contribution in [0.25, 0.3) is 10.9 Å². The maximum Gasteiger partial charge on any atom is 0.279 e. The van der Waals surface area contributed by atoms with Gasteiger partial charge in [-0.1, -0.05) is 0 Å². The lowest BCUT2D eigenvalue weighted by atomic mass is 10.1. The number of hydrogen-bond donors (Lipinski definition) is 0. The predicted molar refractivity (Wildman–Crippen MR) is 57.8 cm³/mol. The number of nitro groups is 1. The molecule has 1 aromatic carbocycles. The molecule has 2 rings (SSSR count). The van der Waals surface area contributed by atoms with Gasteiger partial charge in [0, 0.05) is 11.8 Å². The van der Waals surface area contributed by atoms with Crippen molar-refractivity contribution in [1.82, 2.24) is 4.98 Å². The second-order valence-corrected chi connectivity index (χ2v) is 3.63. The Hall–Kier alpha value is -2.04. The Morgan fingerprint density at radius 1 is 1.38 bits per heavy atom. The van der Waals surface area contributed by atoms with Crippen molar-refractivity contribution in [1.29, 1.82) is 0 Å². The fourth-order valence-corrected chi connectivity index (χ4v) is 1.61. The van der Waals surface area contributed by atoms with Gasteiger partial charge in [-0.25, -0.2) is 9.37 Å². The summed E-state index contributed by atoms with van der Waals surface area (Å²) in [5.41, 5.74) is 0.816. The first kappa shape index (κ1) is 10.5. The topological polar surface area (TPSA) is 56.0 Å². The summed E-state index contributed by atoms with van der Waals surface area (Å²) in [6, 6.07) is 4.39. The second-order valence-electron chi connectivity index (χ2n) is 3.63. The molecule has 1 aromatic heterocycles. The van der Waals surface area contributed by atoms with E-state index in [0.29, 0.717) is 5.69 Å². The molecule has 0 N–H and O–H groups in total. The standard InChI is InChI=1S/C11H9FN2O2/c1-6-5-9(14(15)16)8-4-3-7(2)13-11(8)10(6)12/h3-5H,1-2H3. The maximum atomic E-state index is 13.7. The number of benzene rings is 1. The molecule has 5 heteroatoms. The minimum Gasteiger partial charge on any atom is -0.258 e. The van der Waals surface area contributed by atoms with E-state index in [2.05, 4.69) is 4.98 Å². The van der Waals surface area contributed by atoms with Crippen LogP contribution in [-0.2, 0) is 0 Å². The molecule has 0 atom stereocenters. The van der Waals surface area contributed by atoms with E-state index in [0.717, 1.165) is 0 Å². The fourth-order valence-electron chi connectivity index (χ4n) is 1.61. The average Bonchev–Trinajstić information content (AvgIpc) is 2.23. The van der Waals surface area contributed by atoms with Crippen LogP contribution in [0.2, 0.25) is 0 Å². The molecule has 0 amide bonds. The number of aromatic nitrogens is 1. The van der Waals surface area contributed by atoms with Gasteiger partial charge in [-0.3, -0.25) is 10.1 Å². The lowest BCUT2D eigenvalue weighted by Gasteiger charge is -2.04. The van der Waals surface area contributed by atoms with Crippen molar-refractivity contribution in [2.75, 3.05) is 0 Å². The van der Waals surface area contributed by atoms with E-state index in [9.17, 15) is 14.5 Å².